The van der Waals surface area contributed by atoms with Gasteiger partial charge in [0.25, 0.3) is 0 Å². The van der Waals surface area contributed by atoms with Crippen molar-refractivity contribution in [2.75, 3.05) is 0 Å². The minimum atomic E-state index is -0.0115. The van der Waals surface area contributed by atoms with E-state index in [1.165, 1.54) is 0 Å². The summed E-state index contributed by atoms with van der Waals surface area (Å²) in [5, 5.41) is 0. The van der Waals surface area contributed by atoms with Crippen LogP contribution in [0.4, 0.5) is 0 Å². The van der Waals surface area contributed by atoms with E-state index < -0.39 is 0 Å². The Morgan fingerprint density at radius 3 is 2.75 bits per heavy atom. The summed E-state index contributed by atoms with van der Waals surface area (Å²) in [6, 6.07) is 3.69. The molecule has 0 aliphatic carbocycles. The normalized spacial score (nSPS) is 13.8. The third-order valence-corrected chi connectivity index (χ3v) is 1.43. The summed E-state index contributed by atoms with van der Waals surface area (Å²) in [6.07, 6.45) is 1.62. The average Bonchev–Trinajstić information content (AvgIpc) is 2.12. The Kier molecular flexibility index (Phi) is 1.90. The van der Waals surface area contributed by atoms with E-state index in [4.69, 9.17) is 10.2 Å². The standard InChI is InChI=1S/C5H6INO/c6-5(7)4-2-1-3-8-4/h1-3,5H,7H2. The summed E-state index contributed by atoms with van der Waals surface area (Å²) in [6.45, 7) is 0. The highest BCUT2D eigenvalue weighted by molar-refractivity contribution is 14.1. The van der Waals surface area contributed by atoms with Crippen molar-refractivity contribution in [3.8, 4) is 0 Å². The number of rotatable bonds is 1. The van der Waals surface area contributed by atoms with Gasteiger partial charge in [-0.1, -0.05) is 22.6 Å². The number of nitrogens with two attached hydrogens (primary N) is 1. The van der Waals surface area contributed by atoms with E-state index in [2.05, 4.69) is 22.6 Å². The van der Waals surface area contributed by atoms with Gasteiger partial charge in [0.05, 0.1) is 6.26 Å². The fourth-order valence-electron chi connectivity index (χ4n) is 0.448. The van der Waals surface area contributed by atoms with Crippen molar-refractivity contribution >= 4 is 22.6 Å². The van der Waals surface area contributed by atoms with Crippen molar-refractivity contribution < 1.29 is 4.42 Å². The molecule has 0 radical (unpaired) electrons. The maximum absolute atomic E-state index is 5.45. The predicted molar refractivity (Wildman–Crippen MR) is 39.7 cm³/mol. The second kappa shape index (κ2) is 2.50. The monoisotopic (exact) mass is 223 g/mol. The minimum Gasteiger partial charge on any atom is -0.467 e. The molecule has 0 bridgehead atoms. The van der Waals surface area contributed by atoms with E-state index in [0.717, 1.165) is 5.76 Å². The first-order valence-electron chi connectivity index (χ1n) is 2.24. The summed E-state index contributed by atoms with van der Waals surface area (Å²) in [4.78, 5) is 0. The van der Waals surface area contributed by atoms with Crippen molar-refractivity contribution in [2.24, 2.45) is 5.73 Å². The van der Waals surface area contributed by atoms with Crippen molar-refractivity contribution in [1.82, 2.24) is 0 Å². The fourth-order valence-corrected chi connectivity index (χ4v) is 0.803. The molecule has 1 atom stereocenters. The van der Waals surface area contributed by atoms with Crippen LogP contribution < -0.4 is 5.73 Å². The van der Waals surface area contributed by atoms with Crippen LogP contribution in [0, 0.1) is 0 Å². The third kappa shape index (κ3) is 1.23. The van der Waals surface area contributed by atoms with Gasteiger partial charge >= 0.3 is 0 Å². The van der Waals surface area contributed by atoms with Gasteiger partial charge in [-0.15, -0.1) is 0 Å². The summed E-state index contributed by atoms with van der Waals surface area (Å²) >= 11 is 2.09. The zero-order chi connectivity index (χ0) is 5.98. The molecule has 44 valence electrons. The molecule has 0 saturated heterocycles. The van der Waals surface area contributed by atoms with Gasteiger partial charge < -0.3 is 10.2 Å². The molecule has 2 nitrogen and oxygen atoms in total. The maximum Gasteiger partial charge on any atom is 0.130 e. The van der Waals surface area contributed by atoms with Crippen molar-refractivity contribution in [3.63, 3.8) is 0 Å². The van der Waals surface area contributed by atoms with E-state index in [-0.39, 0.29) is 4.05 Å². The summed E-state index contributed by atoms with van der Waals surface area (Å²) in [5.41, 5.74) is 5.45. The number of hydrogen-bond donors (Lipinski definition) is 1. The molecule has 0 saturated carbocycles. The van der Waals surface area contributed by atoms with E-state index >= 15 is 0 Å². The van der Waals surface area contributed by atoms with Crippen LogP contribution in [-0.4, -0.2) is 0 Å². The Labute approximate surface area is 61.2 Å². The lowest BCUT2D eigenvalue weighted by molar-refractivity contribution is 0.513. The van der Waals surface area contributed by atoms with Crippen molar-refractivity contribution in [1.29, 1.82) is 0 Å². The fraction of sp³-hybridized carbons (Fsp3) is 0.200. The number of halogens is 1. The molecule has 1 unspecified atom stereocenters. The zero-order valence-electron chi connectivity index (χ0n) is 4.17. The first kappa shape index (κ1) is 6.10. The molecule has 0 spiro atoms. The average molecular weight is 223 g/mol. The molecule has 2 N–H and O–H groups in total. The minimum absolute atomic E-state index is 0.0115. The molecular formula is C5H6INO. The van der Waals surface area contributed by atoms with Gasteiger partial charge in [-0.25, -0.2) is 0 Å². The lowest BCUT2D eigenvalue weighted by atomic mass is 10.5. The molecule has 0 amide bonds. The molecule has 0 aliphatic heterocycles. The molecule has 1 rings (SSSR count). The van der Waals surface area contributed by atoms with Gasteiger partial charge in [-0.05, 0) is 12.1 Å². The zero-order valence-corrected chi connectivity index (χ0v) is 6.33. The van der Waals surface area contributed by atoms with Crippen LogP contribution >= 0.6 is 22.6 Å². The van der Waals surface area contributed by atoms with Crippen molar-refractivity contribution in [2.45, 2.75) is 4.05 Å². The largest absolute Gasteiger partial charge is 0.467 e. The second-order valence-corrected chi connectivity index (χ2v) is 2.76. The lowest BCUT2D eigenvalue weighted by Gasteiger charge is -1.93. The Bertz CT molecular complexity index is 147. The third-order valence-electron chi connectivity index (χ3n) is 0.815. The maximum atomic E-state index is 5.45. The molecule has 1 aromatic rings. The molecule has 1 aromatic heterocycles. The molecule has 8 heavy (non-hydrogen) atoms. The lowest BCUT2D eigenvalue weighted by Crippen LogP contribution is -1.98. The van der Waals surface area contributed by atoms with Crippen LogP contribution in [-0.2, 0) is 0 Å². The topological polar surface area (TPSA) is 39.2 Å². The van der Waals surface area contributed by atoms with E-state index in [1.54, 1.807) is 6.26 Å². The number of furan rings is 1. The quantitative estimate of drug-likeness (QED) is 0.446. The first-order valence-corrected chi connectivity index (χ1v) is 3.48. The molecule has 0 aromatic carbocycles. The molecule has 1 heterocycles. The van der Waals surface area contributed by atoms with E-state index in [0.29, 0.717) is 0 Å². The SMILES string of the molecule is NC(I)c1ccco1. The van der Waals surface area contributed by atoms with Crippen LogP contribution in [0.2, 0.25) is 0 Å². The van der Waals surface area contributed by atoms with Gasteiger partial charge in [0, 0.05) is 0 Å². The van der Waals surface area contributed by atoms with Crippen LogP contribution in [0.3, 0.4) is 0 Å². The van der Waals surface area contributed by atoms with Crippen LogP contribution in [0.1, 0.15) is 9.81 Å². The van der Waals surface area contributed by atoms with Crippen LogP contribution in [0.5, 0.6) is 0 Å². The highest BCUT2D eigenvalue weighted by Crippen LogP contribution is 2.15. The predicted octanol–water partition coefficient (Wildman–Crippen LogP) is 1.67. The Morgan fingerprint density at radius 2 is 2.50 bits per heavy atom. The van der Waals surface area contributed by atoms with Gasteiger partial charge in [0.15, 0.2) is 0 Å². The van der Waals surface area contributed by atoms with Gasteiger partial charge in [-0.2, -0.15) is 0 Å². The van der Waals surface area contributed by atoms with E-state index in [1.807, 2.05) is 12.1 Å². The summed E-state index contributed by atoms with van der Waals surface area (Å²) in [5.74, 6) is 0.825. The van der Waals surface area contributed by atoms with Crippen LogP contribution in [0.15, 0.2) is 22.8 Å². The highest BCUT2D eigenvalue weighted by Gasteiger charge is 2.00. The number of alkyl halides is 1. The van der Waals surface area contributed by atoms with E-state index in [9.17, 15) is 0 Å². The van der Waals surface area contributed by atoms with Gasteiger partial charge in [-0.3, -0.25) is 0 Å². The van der Waals surface area contributed by atoms with Crippen LogP contribution in [0.25, 0.3) is 0 Å². The molecule has 3 heteroatoms. The summed E-state index contributed by atoms with van der Waals surface area (Å²) in [7, 11) is 0. The Hall–Kier alpha value is -0.0300. The Morgan fingerprint density at radius 1 is 1.75 bits per heavy atom. The molecule has 0 aliphatic rings. The van der Waals surface area contributed by atoms with Gasteiger partial charge in [0.2, 0.25) is 0 Å². The second-order valence-electron chi connectivity index (χ2n) is 1.42. The highest BCUT2D eigenvalue weighted by atomic mass is 127. The summed E-state index contributed by atoms with van der Waals surface area (Å²) < 4.78 is 4.95. The Balaban J connectivity index is 2.77. The number of hydrogen-bond acceptors (Lipinski definition) is 2. The smallest absolute Gasteiger partial charge is 0.130 e. The van der Waals surface area contributed by atoms with Gasteiger partial charge in [0.1, 0.15) is 9.81 Å². The molecule has 0 fully saturated rings. The first-order chi connectivity index (χ1) is 3.80. The molecular weight excluding hydrogens is 217 g/mol. The van der Waals surface area contributed by atoms with Crippen molar-refractivity contribution in [3.05, 3.63) is 24.2 Å².